The van der Waals surface area contributed by atoms with E-state index in [-0.39, 0.29) is 0 Å². The second-order valence-electron chi connectivity index (χ2n) is 7.37. The molecule has 0 radical (unpaired) electrons. The number of aliphatic hydroxyl groups excluding tert-OH is 1. The summed E-state index contributed by atoms with van der Waals surface area (Å²) >= 11 is 0. The van der Waals surface area contributed by atoms with E-state index in [0.717, 1.165) is 35.5 Å². The summed E-state index contributed by atoms with van der Waals surface area (Å²) in [6, 6.07) is 15.5. The highest BCUT2D eigenvalue weighted by Crippen LogP contribution is 2.34. The number of ether oxygens (including phenoxy) is 5. The Morgan fingerprint density at radius 3 is 1.76 bits per heavy atom. The molecule has 158 valence electrons. The number of benzene rings is 2. The van der Waals surface area contributed by atoms with E-state index in [1.807, 2.05) is 48.5 Å². The van der Waals surface area contributed by atoms with Gasteiger partial charge in [0.1, 0.15) is 11.5 Å². The maximum atomic E-state index is 10.5. The molecule has 6 heteroatoms. The van der Waals surface area contributed by atoms with E-state index < -0.39 is 11.7 Å². The third-order valence-electron chi connectivity index (χ3n) is 5.25. The molecule has 6 nitrogen and oxygen atoms in total. The first-order chi connectivity index (χ1) is 14.1. The molecule has 1 heterocycles. The summed E-state index contributed by atoms with van der Waals surface area (Å²) in [5, 5.41) is 10.5. The van der Waals surface area contributed by atoms with Crippen LogP contribution in [0.2, 0.25) is 0 Å². The molecule has 1 atom stereocenters. The fourth-order valence-corrected chi connectivity index (χ4v) is 3.44. The van der Waals surface area contributed by atoms with E-state index in [4.69, 9.17) is 23.7 Å². The molecule has 1 aliphatic heterocycles. The standard InChI is InChI=1S/C23H30O6/c1-25-20-8-4-18(5-9-20)14-27-16-23(12-3-13-29-22(23)24)17-28-15-19-6-10-21(26-2)11-7-19/h4-11,22,24H,3,12-17H2,1-2H3. The SMILES string of the molecule is COc1ccc(COCC2(COCc3ccc(OC)cc3)CCCOC2O)cc1. The van der Waals surface area contributed by atoms with Gasteiger partial charge >= 0.3 is 0 Å². The number of methoxy groups -OCH3 is 2. The van der Waals surface area contributed by atoms with Gasteiger partial charge in [0.25, 0.3) is 0 Å². The van der Waals surface area contributed by atoms with Gasteiger partial charge in [-0.05, 0) is 48.2 Å². The molecule has 0 saturated carbocycles. The van der Waals surface area contributed by atoms with E-state index in [1.54, 1.807) is 14.2 Å². The van der Waals surface area contributed by atoms with Crippen molar-refractivity contribution in [3.8, 4) is 11.5 Å². The highest BCUT2D eigenvalue weighted by Gasteiger charge is 2.42. The monoisotopic (exact) mass is 402 g/mol. The number of rotatable bonds is 10. The van der Waals surface area contributed by atoms with Crippen molar-refractivity contribution in [2.45, 2.75) is 32.3 Å². The summed E-state index contributed by atoms with van der Waals surface area (Å²) in [7, 11) is 3.29. The minimum Gasteiger partial charge on any atom is -0.497 e. The summed E-state index contributed by atoms with van der Waals surface area (Å²) in [5.41, 5.74) is 1.52. The predicted octanol–water partition coefficient (Wildman–Crippen LogP) is 3.55. The lowest BCUT2D eigenvalue weighted by Crippen LogP contribution is -2.48. The molecule has 2 aromatic carbocycles. The lowest BCUT2D eigenvalue weighted by molar-refractivity contribution is -0.237. The molecule has 1 unspecified atom stereocenters. The second kappa shape index (κ2) is 10.6. The molecular formula is C23H30O6. The van der Waals surface area contributed by atoms with Crippen LogP contribution in [0.1, 0.15) is 24.0 Å². The van der Waals surface area contributed by atoms with Gasteiger partial charge in [0, 0.05) is 6.61 Å². The Kier molecular flexibility index (Phi) is 7.89. The zero-order valence-electron chi connectivity index (χ0n) is 17.1. The molecule has 1 N–H and O–H groups in total. The summed E-state index contributed by atoms with van der Waals surface area (Å²) < 4.78 is 27.8. The zero-order chi connectivity index (χ0) is 20.5. The van der Waals surface area contributed by atoms with Crippen molar-refractivity contribution in [2.75, 3.05) is 34.0 Å². The molecule has 2 aromatic rings. The second-order valence-corrected chi connectivity index (χ2v) is 7.37. The van der Waals surface area contributed by atoms with Gasteiger partial charge in [0.2, 0.25) is 0 Å². The van der Waals surface area contributed by atoms with E-state index >= 15 is 0 Å². The van der Waals surface area contributed by atoms with Crippen LogP contribution < -0.4 is 9.47 Å². The molecular weight excluding hydrogens is 372 g/mol. The topological polar surface area (TPSA) is 66.4 Å². The van der Waals surface area contributed by atoms with Crippen LogP contribution in [-0.4, -0.2) is 45.4 Å². The lowest BCUT2D eigenvalue weighted by Gasteiger charge is -2.40. The van der Waals surface area contributed by atoms with Gasteiger partial charge in [-0.1, -0.05) is 24.3 Å². The van der Waals surface area contributed by atoms with E-state index in [9.17, 15) is 5.11 Å². The number of aliphatic hydroxyl groups is 1. The van der Waals surface area contributed by atoms with Crippen LogP contribution in [-0.2, 0) is 27.4 Å². The van der Waals surface area contributed by atoms with E-state index in [1.165, 1.54) is 0 Å². The van der Waals surface area contributed by atoms with Crippen molar-refractivity contribution in [2.24, 2.45) is 5.41 Å². The van der Waals surface area contributed by atoms with Crippen LogP contribution in [0.25, 0.3) is 0 Å². The third-order valence-corrected chi connectivity index (χ3v) is 5.25. The first-order valence-corrected chi connectivity index (χ1v) is 9.86. The third kappa shape index (κ3) is 5.93. The Labute approximate surface area is 172 Å². The average Bonchev–Trinajstić information content (AvgIpc) is 2.77. The van der Waals surface area contributed by atoms with Crippen molar-refractivity contribution in [1.29, 1.82) is 0 Å². The van der Waals surface area contributed by atoms with Crippen LogP contribution >= 0.6 is 0 Å². The first-order valence-electron chi connectivity index (χ1n) is 9.86. The van der Waals surface area contributed by atoms with Gasteiger partial charge in [-0.15, -0.1) is 0 Å². The Hall–Kier alpha value is -2.12. The fraction of sp³-hybridized carbons (Fsp3) is 0.478. The summed E-state index contributed by atoms with van der Waals surface area (Å²) in [5.74, 6) is 1.63. The van der Waals surface area contributed by atoms with Crippen LogP contribution in [0.5, 0.6) is 11.5 Å². The predicted molar refractivity (Wildman–Crippen MR) is 109 cm³/mol. The molecule has 0 amide bonds. The van der Waals surface area contributed by atoms with E-state index in [2.05, 4.69) is 0 Å². The molecule has 29 heavy (non-hydrogen) atoms. The highest BCUT2D eigenvalue weighted by molar-refractivity contribution is 5.27. The fourth-order valence-electron chi connectivity index (χ4n) is 3.44. The molecule has 0 aliphatic carbocycles. The summed E-state index contributed by atoms with van der Waals surface area (Å²) in [4.78, 5) is 0. The van der Waals surface area contributed by atoms with E-state index in [0.29, 0.717) is 33.0 Å². The smallest absolute Gasteiger partial charge is 0.164 e. The first kappa shape index (κ1) is 21.6. The van der Waals surface area contributed by atoms with Crippen molar-refractivity contribution in [3.05, 3.63) is 59.7 Å². The molecule has 1 aliphatic rings. The van der Waals surface area contributed by atoms with Crippen molar-refractivity contribution < 1.29 is 28.8 Å². The minimum absolute atomic E-state index is 0.364. The largest absolute Gasteiger partial charge is 0.497 e. The maximum absolute atomic E-state index is 10.5. The quantitative estimate of drug-likeness (QED) is 0.656. The van der Waals surface area contributed by atoms with Gasteiger partial charge in [0.15, 0.2) is 6.29 Å². The molecule has 1 saturated heterocycles. The Bertz CT molecular complexity index is 675. The van der Waals surface area contributed by atoms with Gasteiger partial charge < -0.3 is 28.8 Å². The van der Waals surface area contributed by atoms with Crippen LogP contribution in [0.15, 0.2) is 48.5 Å². The van der Waals surface area contributed by atoms with Gasteiger partial charge in [-0.3, -0.25) is 0 Å². The Morgan fingerprint density at radius 1 is 0.862 bits per heavy atom. The Balaban J connectivity index is 1.54. The van der Waals surface area contributed by atoms with Crippen molar-refractivity contribution in [3.63, 3.8) is 0 Å². The van der Waals surface area contributed by atoms with Gasteiger partial charge in [-0.25, -0.2) is 0 Å². The van der Waals surface area contributed by atoms with Gasteiger partial charge in [-0.2, -0.15) is 0 Å². The number of hydrogen-bond acceptors (Lipinski definition) is 6. The van der Waals surface area contributed by atoms with Crippen LogP contribution in [0.3, 0.4) is 0 Å². The molecule has 0 spiro atoms. The molecule has 0 aromatic heterocycles. The highest BCUT2D eigenvalue weighted by atomic mass is 16.6. The van der Waals surface area contributed by atoms with Crippen molar-refractivity contribution >= 4 is 0 Å². The Morgan fingerprint density at radius 2 is 1.34 bits per heavy atom. The van der Waals surface area contributed by atoms with Crippen LogP contribution in [0.4, 0.5) is 0 Å². The van der Waals surface area contributed by atoms with Crippen LogP contribution in [0, 0.1) is 5.41 Å². The average molecular weight is 402 g/mol. The lowest BCUT2D eigenvalue weighted by atomic mass is 9.82. The van der Waals surface area contributed by atoms with Crippen molar-refractivity contribution in [1.82, 2.24) is 0 Å². The summed E-state index contributed by atoms with van der Waals surface area (Å²) in [6.07, 6.45) is 0.761. The molecule has 3 rings (SSSR count). The molecule has 1 fully saturated rings. The zero-order valence-corrected chi connectivity index (χ0v) is 17.1. The minimum atomic E-state index is -0.900. The van der Waals surface area contributed by atoms with Gasteiger partial charge in [0.05, 0.1) is 46.1 Å². The summed E-state index contributed by atoms with van der Waals surface area (Å²) in [6.45, 7) is 2.19. The number of hydrogen-bond donors (Lipinski definition) is 1. The normalized spacial score (nSPS) is 18.4. The maximum Gasteiger partial charge on any atom is 0.164 e. The molecule has 0 bridgehead atoms.